The lowest BCUT2D eigenvalue weighted by Crippen LogP contribution is -2.36. The van der Waals surface area contributed by atoms with E-state index in [0.29, 0.717) is 25.3 Å². The minimum Gasteiger partial charge on any atom is -0.497 e. The molecule has 43 heavy (non-hydrogen) atoms. The minimum atomic E-state index is -4.09. The maximum Gasteiger partial charge on any atom is 0.265 e. The summed E-state index contributed by atoms with van der Waals surface area (Å²) < 4.78 is 73.1. The zero-order valence-electron chi connectivity index (χ0n) is 23.8. The number of thiazole rings is 1. The van der Waals surface area contributed by atoms with E-state index in [-0.39, 0.29) is 24.3 Å². The maximum absolute atomic E-state index is 11.5. The Bertz CT molecular complexity index is 1950. The fourth-order valence-corrected chi connectivity index (χ4v) is 8.44. The third kappa shape index (κ3) is 7.59. The fraction of sp³-hybridized carbons (Fsp3) is 0.300. The van der Waals surface area contributed by atoms with Crippen molar-refractivity contribution in [2.24, 2.45) is 0 Å². The van der Waals surface area contributed by atoms with Crippen LogP contribution in [0.4, 0.5) is 5.69 Å². The Morgan fingerprint density at radius 2 is 1.74 bits per heavy atom. The third-order valence-electron chi connectivity index (χ3n) is 7.15. The molecule has 0 unspecified atom stereocenters. The average Bonchev–Trinajstić information content (AvgIpc) is 3.48. The van der Waals surface area contributed by atoms with Crippen molar-refractivity contribution in [1.29, 1.82) is 0 Å². The van der Waals surface area contributed by atoms with Crippen LogP contribution in [0.25, 0.3) is 27.1 Å². The summed E-state index contributed by atoms with van der Waals surface area (Å²) in [7, 11) is -6.58. The Hall–Kier alpha value is -2.94. The zero-order valence-corrected chi connectivity index (χ0v) is 27.0. The van der Waals surface area contributed by atoms with Crippen LogP contribution in [0.5, 0.6) is 5.75 Å². The Balaban J connectivity index is 1.57. The molecule has 0 spiro atoms. The van der Waals surface area contributed by atoms with Crippen LogP contribution in [0.1, 0.15) is 31.2 Å². The van der Waals surface area contributed by atoms with Gasteiger partial charge in [-0.1, -0.05) is 54.3 Å². The lowest BCUT2D eigenvalue weighted by Gasteiger charge is -2.21. The molecule has 1 aliphatic heterocycles. The molecule has 0 bridgehead atoms. The van der Waals surface area contributed by atoms with Gasteiger partial charge in [0.2, 0.25) is 5.52 Å². The fourth-order valence-electron chi connectivity index (χ4n) is 5.12. The second-order valence-electron chi connectivity index (χ2n) is 10.1. The maximum atomic E-state index is 11.5. The highest BCUT2D eigenvalue weighted by atomic mass is 32.2. The molecule has 0 amide bonds. The molecule has 0 fully saturated rings. The van der Waals surface area contributed by atoms with Gasteiger partial charge in [0.15, 0.2) is 6.54 Å². The number of ether oxygens (including phenoxy) is 1. The molecular formula is C30H33N2O7S4+. The van der Waals surface area contributed by atoms with Crippen LogP contribution in [0.15, 0.2) is 76.2 Å². The molecule has 9 nitrogen and oxygen atoms in total. The van der Waals surface area contributed by atoms with Crippen LogP contribution in [0.2, 0.25) is 0 Å². The summed E-state index contributed by atoms with van der Waals surface area (Å²) in [6, 6.07) is 18.0. The summed E-state index contributed by atoms with van der Waals surface area (Å²) in [6.07, 6.45) is 5.42. The molecular weight excluding hydrogens is 629 g/mol. The number of rotatable bonds is 12. The molecule has 13 heteroatoms. The van der Waals surface area contributed by atoms with Gasteiger partial charge in [0.1, 0.15) is 10.4 Å². The standard InChI is InChI=1S/C30H32N2O7S4/c1-3-21(18-28-31(14-6-16-42(33,34)35)25-20-23(39-2)11-13-26(25)40-28)19-29-32(15-7-17-43(36,37)38)30-24-9-5-4-8-22(24)10-12-27(30)41-29/h4-5,8-13,18-20H,3,6-7,14-17H2,1-2H3,(H-,33,34,35,36,37,38)/p+1. The highest BCUT2D eigenvalue weighted by Gasteiger charge is 2.27. The van der Waals surface area contributed by atoms with E-state index < -0.39 is 20.2 Å². The van der Waals surface area contributed by atoms with Gasteiger partial charge >= 0.3 is 0 Å². The largest absolute Gasteiger partial charge is 0.497 e. The van der Waals surface area contributed by atoms with E-state index in [9.17, 15) is 25.9 Å². The number of methoxy groups -OCH3 is 1. The number of thioether (sulfide) groups is 1. The van der Waals surface area contributed by atoms with E-state index in [1.807, 2.05) is 36.4 Å². The number of anilines is 1. The third-order valence-corrected chi connectivity index (χ3v) is 11.0. The number of aryl methyl sites for hydroxylation is 1. The summed E-state index contributed by atoms with van der Waals surface area (Å²) in [4.78, 5) is 3.07. The molecule has 4 aromatic rings. The molecule has 2 heterocycles. The van der Waals surface area contributed by atoms with Crippen LogP contribution >= 0.6 is 23.1 Å². The molecule has 0 aliphatic carbocycles. The van der Waals surface area contributed by atoms with Gasteiger partial charge in [0.05, 0.1) is 34.7 Å². The highest BCUT2D eigenvalue weighted by Crippen LogP contribution is 2.48. The first kappa shape index (κ1) is 31.5. The molecule has 0 saturated carbocycles. The molecule has 0 saturated heterocycles. The number of hydrogen-bond donors (Lipinski definition) is 2. The molecule has 1 aromatic heterocycles. The molecule has 3 aromatic carbocycles. The van der Waals surface area contributed by atoms with Crippen molar-refractivity contribution in [2.75, 3.05) is 30.1 Å². The quantitative estimate of drug-likeness (QED) is 0.136. The van der Waals surface area contributed by atoms with Crippen molar-refractivity contribution >= 4 is 76.1 Å². The van der Waals surface area contributed by atoms with Crippen LogP contribution in [-0.4, -0.2) is 51.1 Å². The number of allylic oxidation sites excluding steroid dienone is 2. The Labute approximate surface area is 260 Å². The van der Waals surface area contributed by atoms with Crippen LogP contribution in [0.3, 0.4) is 0 Å². The van der Waals surface area contributed by atoms with Gasteiger partial charge in [-0.25, -0.2) is 0 Å². The summed E-state index contributed by atoms with van der Waals surface area (Å²) in [6.45, 7) is 2.86. The molecule has 0 radical (unpaired) electrons. The summed E-state index contributed by atoms with van der Waals surface area (Å²) in [5.74, 6) is 0.0265. The SMILES string of the molecule is CCC(=C/c1sc2ccc3ccccc3c2[n+]1CCCS(=O)(=O)O)/C=C1/Sc2ccc(OC)cc2N1CCCS(=O)(=O)O. The zero-order chi connectivity index (χ0) is 30.8. The van der Waals surface area contributed by atoms with Crippen LogP contribution in [-0.2, 0) is 26.8 Å². The summed E-state index contributed by atoms with van der Waals surface area (Å²) in [5, 5.41) is 4.03. The van der Waals surface area contributed by atoms with Gasteiger partial charge in [-0.15, -0.1) is 0 Å². The number of hydrogen-bond acceptors (Lipinski definition) is 8. The van der Waals surface area contributed by atoms with Crippen molar-refractivity contribution in [3.8, 4) is 5.75 Å². The summed E-state index contributed by atoms with van der Waals surface area (Å²) >= 11 is 3.21. The first-order chi connectivity index (χ1) is 20.5. The number of aromatic nitrogens is 1. The Morgan fingerprint density at radius 1 is 1.00 bits per heavy atom. The molecule has 228 valence electrons. The highest BCUT2D eigenvalue weighted by molar-refractivity contribution is 8.03. The van der Waals surface area contributed by atoms with Crippen molar-refractivity contribution in [3.05, 3.63) is 76.3 Å². The second-order valence-corrected chi connectivity index (χ2v) is 15.4. The topological polar surface area (TPSA) is 125 Å². The van der Waals surface area contributed by atoms with Crippen molar-refractivity contribution < 1.29 is 35.2 Å². The number of benzene rings is 3. The summed E-state index contributed by atoms with van der Waals surface area (Å²) in [5.41, 5.74) is 2.96. The Kier molecular flexibility index (Phi) is 9.49. The van der Waals surface area contributed by atoms with E-state index in [1.165, 1.54) is 0 Å². The lowest BCUT2D eigenvalue weighted by molar-refractivity contribution is -0.667. The van der Waals surface area contributed by atoms with Crippen LogP contribution < -0.4 is 14.2 Å². The van der Waals surface area contributed by atoms with Gasteiger partial charge in [-0.3, -0.25) is 9.11 Å². The van der Waals surface area contributed by atoms with Gasteiger partial charge in [-0.2, -0.15) is 21.4 Å². The number of nitrogens with zero attached hydrogens (tertiary/aromatic N) is 2. The van der Waals surface area contributed by atoms with E-state index in [0.717, 1.165) is 47.2 Å². The predicted octanol–water partition coefficient (Wildman–Crippen LogP) is 6.15. The Morgan fingerprint density at radius 3 is 2.47 bits per heavy atom. The monoisotopic (exact) mass is 661 g/mol. The van der Waals surface area contributed by atoms with Crippen molar-refractivity contribution in [3.63, 3.8) is 0 Å². The van der Waals surface area contributed by atoms with E-state index >= 15 is 0 Å². The first-order valence-electron chi connectivity index (χ1n) is 13.8. The van der Waals surface area contributed by atoms with E-state index in [4.69, 9.17) is 4.74 Å². The minimum absolute atomic E-state index is 0.246. The van der Waals surface area contributed by atoms with E-state index in [2.05, 4.69) is 46.7 Å². The first-order valence-corrected chi connectivity index (χ1v) is 18.6. The molecule has 1 aliphatic rings. The van der Waals surface area contributed by atoms with Gasteiger partial charge in [0, 0.05) is 30.0 Å². The van der Waals surface area contributed by atoms with E-state index in [1.54, 1.807) is 30.2 Å². The predicted molar refractivity (Wildman–Crippen MR) is 174 cm³/mol. The molecule has 0 atom stereocenters. The van der Waals surface area contributed by atoms with Gasteiger partial charge in [0.25, 0.3) is 25.2 Å². The molecule has 5 rings (SSSR count). The normalized spacial score (nSPS) is 15.1. The van der Waals surface area contributed by atoms with Crippen LogP contribution in [0, 0.1) is 0 Å². The van der Waals surface area contributed by atoms with Crippen molar-refractivity contribution in [2.45, 2.75) is 37.6 Å². The average molecular weight is 662 g/mol. The lowest BCUT2D eigenvalue weighted by atomic mass is 10.1. The smallest absolute Gasteiger partial charge is 0.265 e. The second kappa shape index (κ2) is 13.0. The number of fused-ring (bicyclic) bond motifs is 4. The van der Waals surface area contributed by atoms with Gasteiger partial charge in [-0.05, 0) is 54.1 Å². The molecule has 2 N–H and O–H groups in total. The van der Waals surface area contributed by atoms with Gasteiger partial charge < -0.3 is 9.64 Å². The van der Waals surface area contributed by atoms with Crippen molar-refractivity contribution in [1.82, 2.24) is 0 Å².